The minimum Gasteiger partial charge on any atom is -0.480 e. The summed E-state index contributed by atoms with van der Waals surface area (Å²) in [7, 11) is 0. The first kappa shape index (κ1) is 14.9. The van der Waals surface area contributed by atoms with E-state index in [4.69, 9.17) is 5.11 Å². The molecule has 1 unspecified atom stereocenters. The molecular formula is C13H15N3O5. The number of carboxylic acid groups (broad SMARTS) is 1. The Morgan fingerprint density at radius 3 is 2.62 bits per heavy atom. The number of benzene rings is 1. The summed E-state index contributed by atoms with van der Waals surface area (Å²) in [6.07, 6.45) is 1.66. The molecule has 0 aromatic heterocycles. The summed E-state index contributed by atoms with van der Waals surface area (Å²) in [4.78, 5) is 33.0. The second-order valence-corrected chi connectivity index (χ2v) is 4.86. The van der Waals surface area contributed by atoms with Crippen LogP contribution in [0.15, 0.2) is 24.3 Å². The molecule has 1 fully saturated rings. The van der Waals surface area contributed by atoms with E-state index in [9.17, 15) is 19.7 Å². The monoisotopic (exact) mass is 293 g/mol. The number of carbonyl (C=O) groups excluding carboxylic acids is 1. The van der Waals surface area contributed by atoms with E-state index in [0.717, 1.165) is 12.8 Å². The lowest BCUT2D eigenvalue weighted by molar-refractivity contribution is -0.383. The fraction of sp³-hybridized carbons (Fsp3) is 0.385. The Balaban J connectivity index is 1.93. The molecule has 0 heterocycles. The SMILES string of the molecule is O=C(CNC(C(=O)O)C1CC1)Nc1ccccc1[N+](=O)[O-]. The van der Waals surface area contributed by atoms with E-state index >= 15 is 0 Å². The number of amides is 1. The zero-order chi connectivity index (χ0) is 15.4. The molecule has 1 amide bonds. The minimum atomic E-state index is -0.990. The maximum Gasteiger partial charge on any atom is 0.320 e. The number of rotatable bonds is 7. The number of aliphatic carboxylic acids is 1. The summed E-state index contributed by atoms with van der Waals surface area (Å²) in [5.74, 6) is -1.45. The molecule has 0 aliphatic heterocycles. The van der Waals surface area contributed by atoms with Crippen LogP contribution in [-0.4, -0.2) is 34.5 Å². The molecule has 0 radical (unpaired) electrons. The van der Waals surface area contributed by atoms with Gasteiger partial charge in [-0.1, -0.05) is 12.1 Å². The Morgan fingerprint density at radius 2 is 2.05 bits per heavy atom. The Hall–Kier alpha value is -2.48. The second-order valence-electron chi connectivity index (χ2n) is 4.86. The number of hydrogen-bond donors (Lipinski definition) is 3. The van der Waals surface area contributed by atoms with E-state index in [1.807, 2.05) is 0 Å². The van der Waals surface area contributed by atoms with E-state index < -0.39 is 22.8 Å². The van der Waals surface area contributed by atoms with Crippen molar-refractivity contribution in [1.29, 1.82) is 0 Å². The Morgan fingerprint density at radius 1 is 1.38 bits per heavy atom. The first-order valence-corrected chi connectivity index (χ1v) is 6.48. The molecule has 8 heteroatoms. The molecule has 0 saturated heterocycles. The summed E-state index contributed by atoms with van der Waals surface area (Å²) in [5.41, 5.74) is -0.115. The van der Waals surface area contributed by atoms with Crippen molar-refractivity contribution in [1.82, 2.24) is 5.32 Å². The largest absolute Gasteiger partial charge is 0.480 e. The lowest BCUT2D eigenvalue weighted by atomic mass is 10.2. The average molecular weight is 293 g/mol. The molecule has 1 atom stereocenters. The Bertz CT molecular complexity index is 571. The highest BCUT2D eigenvalue weighted by Gasteiger charge is 2.36. The zero-order valence-corrected chi connectivity index (χ0v) is 11.1. The zero-order valence-electron chi connectivity index (χ0n) is 11.1. The summed E-state index contributed by atoms with van der Waals surface area (Å²) in [5, 5.41) is 24.9. The molecule has 0 spiro atoms. The molecule has 0 bridgehead atoms. The fourth-order valence-electron chi connectivity index (χ4n) is 2.02. The van der Waals surface area contributed by atoms with Gasteiger partial charge < -0.3 is 10.4 Å². The number of hydrogen-bond acceptors (Lipinski definition) is 5. The number of nitrogens with one attached hydrogen (secondary N) is 2. The molecule has 1 saturated carbocycles. The van der Waals surface area contributed by atoms with Crippen molar-refractivity contribution in [3.05, 3.63) is 34.4 Å². The van der Waals surface area contributed by atoms with Gasteiger partial charge in [0, 0.05) is 6.07 Å². The van der Waals surface area contributed by atoms with E-state index in [2.05, 4.69) is 10.6 Å². The van der Waals surface area contributed by atoms with Gasteiger partial charge >= 0.3 is 5.97 Å². The smallest absolute Gasteiger partial charge is 0.320 e. The first-order chi connectivity index (χ1) is 9.99. The van der Waals surface area contributed by atoms with Gasteiger partial charge in [-0.25, -0.2) is 0 Å². The average Bonchev–Trinajstić information content (AvgIpc) is 3.23. The van der Waals surface area contributed by atoms with E-state index in [1.54, 1.807) is 6.07 Å². The van der Waals surface area contributed by atoms with Gasteiger partial charge in [0.25, 0.3) is 5.69 Å². The molecule has 21 heavy (non-hydrogen) atoms. The van der Waals surface area contributed by atoms with Crippen molar-refractivity contribution in [2.45, 2.75) is 18.9 Å². The maximum atomic E-state index is 11.8. The van der Waals surface area contributed by atoms with Crippen LogP contribution in [0, 0.1) is 16.0 Å². The number of nitro benzene ring substituents is 1. The summed E-state index contributed by atoms with van der Waals surface area (Å²) in [6, 6.07) is 5.03. The van der Waals surface area contributed by atoms with Crippen molar-refractivity contribution >= 4 is 23.3 Å². The van der Waals surface area contributed by atoms with Gasteiger partial charge in [0.05, 0.1) is 11.5 Å². The molecule has 8 nitrogen and oxygen atoms in total. The highest BCUT2D eigenvalue weighted by atomic mass is 16.6. The van der Waals surface area contributed by atoms with Crippen LogP contribution in [0.1, 0.15) is 12.8 Å². The molecular weight excluding hydrogens is 278 g/mol. The van der Waals surface area contributed by atoms with Gasteiger partial charge in [0.1, 0.15) is 11.7 Å². The van der Waals surface area contributed by atoms with Gasteiger partial charge in [-0.15, -0.1) is 0 Å². The molecule has 1 aromatic carbocycles. The summed E-state index contributed by atoms with van der Waals surface area (Å²) in [6.45, 7) is -0.209. The number of carbonyl (C=O) groups is 2. The quantitative estimate of drug-likeness (QED) is 0.509. The van der Waals surface area contributed by atoms with Crippen LogP contribution in [0.25, 0.3) is 0 Å². The fourth-order valence-corrected chi connectivity index (χ4v) is 2.02. The molecule has 1 aliphatic rings. The lowest BCUT2D eigenvalue weighted by Crippen LogP contribution is -2.42. The third-order valence-electron chi connectivity index (χ3n) is 3.22. The van der Waals surface area contributed by atoms with Crippen LogP contribution in [0.4, 0.5) is 11.4 Å². The van der Waals surface area contributed by atoms with Gasteiger partial charge in [-0.3, -0.25) is 25.0 Å². The van der Waals surface area contributed by atoms with E-state index in [1.165, 1.54) is 18.2 Å². The number of nitro groups is 1. The predicted octanol–water partition coefficient (Wildman–Crippen LogP) is 0.986. The topological polar surface area (TPSA) is 122 Å². The van der Waals surface area contributed by atoms with Crippen molar-refractivity contribution in [3.63, 3.8) is 0 Å². The van der Waals surface area contributed by atoms with Crippen molar-refractivity contribution in [3.8, 4) is 0 Å². The Kier molecular flexibility index (Phi) is 4.49. The van der Waals surface area contributed by atoms with Crippen LogP contribution in [0.3, 0.4) is 0 Å². The number of nitrogens with zero attached hydrogens (tertiary/aromatic N) is 1. The van der Waals surface area contributed by atoms with Crippen molar-refractivity contribution < 1.29 is 19.6 Å². The number of anilines is 1. The standard InChI is InChI=1S/C13H15N3O5/c17-11(7-14-12(13(18)19)8-5-6-8)15-9-3-1-2-4-10(9)16(20)21/h1-4,8,12,14H,5-7H2,(H,15,17)(H,18,19). The summed E-state index contributed by atoms with van der Waals surface area (Å²) < 4.78 is 0. The Labute approximate surface area is 120 Å². The third kappa shape index (κ3) is 3.99. The predicted molar refractivity (Wildman–Crippen MR) is 73.9 cm³/mol. The van der Waals surface area contributed by atoms with Gasteiger partial charge in [-0.2, -0.15) is 0 Å². The second kappa shape index (κ2) is 6.31. The number of carboxylic acids is 1. The third-order valence-corrected chi connectivity index (χ3v) is 3.22. The minimum absolute atomic E-state index is 0.0568. The van der Waals surface area contributed by atoms with Crippen LogP contribution in [0.5, 0.6) is 0 Å². The van der Waals surface area contributed by atoms with Crippen LogP contribution >= 0.6 is 0 Å². The normalized spacial score (nSPS) is 15.2. The molecule has 2 rings (SSSR count). The van der Waals surface area contributed by atoms with Gasteiger partial charge in [0.2, 0.25) is 5.91 Å². The van der Waals surface area contributed by atoms with Crippen molar-refractivity contribution in [2.75, 3.05) is 11.9 Å². The highest BCUT2D eigenvalue weighted by molar-refractivity contribution is 5.94. The van der Waals surface area contributed by atoms with Crippen LogP contribution < -0.4 is 10.6 Å². The molecule has 1 aromatic rings. The van der Waals surface area contributed by atoms with Gasteiger partial charge in [0.15, 0.2) is 0 Å². The number of para-hydroxylation sites is 2. The van der Waals surface area contributed by atoms with E-state index in [-0.39, 0.29) is 23.8 Å². The van der Waals surface area contributed by atoms with Crippen LogP contribution in [-0.2, 0) is 9.59 Å². The van der Waals surface area contributed by atoms with Gasteiger partial charge in [-0.05, 0) is 24.8 Å². The van der Waals surface area contributed by atoms with E-state index in [0.29, 0.717) is 0 Å². The summed E-state index contributed by atoms with van der Waals surface area (Å²) >= 11 is 0. The lowest BCUT2D eigenvalue weighted by Gasteiger charge is -2.13. The highest BCUT2D eigenvalue weighted by Crippen LogP contribution is 2.32. The molecule has 112 valence electrons. The maximum absolute atomic E-state index is 11.8. The van der Waals surface area contributed by atoms with Crippen LogP contribution in [0.2, 0.25) is 0 Å². The molecule has 3 N–H and O–H groups in total. The first-order valence-electron chi connectivity index (χ1n) is 6.48. The molecule has 1 aliphatic carbocycles. The van der Waals surface area contributed by atoms with Crippen molar-refractivity contribution in [2.24, 2.45) is 5.92 Å².